The van der Waals surface area contributed by atoms with Crippen LogP contribution in [0.4, 0.5) is 10.5 Å². The molecule has 0 atom stereocenters. The normalized spacial score (nSPS) is 11.8. The summed E-state index contributed by atoms with van der Waals surface area (Å²) in [6.07, 6.45) is -0.401. The first-order chi connectivity index (χ1) is 14.7. The molecular weight excluding hydrogens is 410 g/mol. The maximum absolute atomic E-state index is 13.2. The Labute approximate surface area is 187 Å². The molecule has 6 nitrogen and oxygen atoms in total. The average molecular weight is 442 g/mol. The number of amides is 1. The van der Waals surface area contributed by atoms with E-state index in [1.807, 2.05) is 65.1 Å². The second-order valence-electron chi connectivity index (χ2n) is 8.72. The van der Waals surface area contributed by atoms with Crippen LogP contribution in [0, 0.1) is 6.92 Å². The van der Waals surface area contributed by atoms with Crippen LogP contribution in [0.2, 0.25) is 0 Å². The van der Waals surface area contributed by atoms with Crippen LogP contribution in [-0.4, -0.2) is 49.8 Å². The molecule has 0 aliphatic rings. The molecule has 0 aliphatic heterocycles. The minimum atomic E-state index is -0.497. The Morgan fingerprint density at radius 3 is 2.55 bits per heavy atom. The molecule has 0 fully saturated rings. The van der Waals surface area contributed by atoms with Crippen molar-refractivity contribution in [2.45, 2.75) is 33.3 Å². The summed E-state index contributed by atoms with van der Waals surface area (Å²) in [6.45, 7) is 10.3. The molecule has 7 heteroatoms. The summed E-state index contributed by atoms with van der Waals surface area (Å²) in [5.74, 6) is 0. The molecule has 2 aromatic carbocycles. The number of carbonyl (C=O) groups is 1. The maximum atomic E-state index is 13.2. The first-order valence-electron chi connectivity index (χ1n) is 10.5. The van der Waals surface area contributed by atoms with Gasteiger partial charge in [0.25, 0.3) is 0 Å². The van der Waals surface area contributed by atoms with Crippen molar-refractivity contribution in [1.82, 2.24) is 10.2 Å². The molecule has 0 bridgehead atoms. The topological polar surface area (TPSA) is 70.7 Å². The second kappa shape index (κ2) is 9.66. The average Bonchev–Trinajstić information content (AvgIpc) is 2.69. The first-order valence-corrected chi connectivity index (χ1v) is 11.3. The highest BCUT2D eigenvalue weighted by Crippen LogP contribution is 2.31. The Balaban J connectivity index is 1.61. The highest BCUT2D eigenvalue weighted by molar-refractivity contribution is 7.24. The minimum Gasteiger partial charge on any atom is -0.444 e. The fourth-order valence-electron chi connectivity index (χ4n) is 3.34. The molecule has 0 spiro atoms. The van der Waals surface area contributed by atoms with Gasteiger partial charge in [0.15, 0.2) is 5.43 Å². The quantitative estimate of drug-likeness (QED) is 0.525. The molecule has 0 saturated heterocycles. The number of nitrogens with zero attached hydrogens (tertiary/aromatic N) is 1. The number of anilines is 1. The van der Waals surface area contributed by atoms with Crippen LogP contribution in [-0.2, 0) is 4.74 Å². The van der Waals surface area contributed by atoms with Crippen molar-refractivity contribution >= 4 is 43.3 Å². The second-order valence-corrected chi connectivity index (χ2v) is 9.77. The zero-order valence-corrected chi connectivity index (χ0v) is 19.7. The van der Waals surface area contributed by atoms with Crippen molar-refractivity contribution in [1.29, 1.82) is 0 Å². The summed E-state index contributed by atoms with van der Waals surface area (Å²) < 4.78 is 7.28. The summed E-state index contributed by atoms with van der Waals surface area (Å²) in [7, 11) is 2.00. The number of nitrogens with one attached hydrogen (secondary N) is 2. The van der Waals surface area contributed by atoms with Gasteiger partial charge in [-0.25, -0.2) is 4.79 Å². The van der Waals surface area contributed by atoms with E-state index in [2.05, 4.69) is 21.6 Å². The molecular formula is C24H31N3O3S. The zero-order valence-electron chi connectivity index (χ0n) is 18.9. The van der Waals surface area contributed by atoms with E-state index in [4.69, 9.17) is 4.74 Å². The molecule has 3 aromatic rings. The van der Waals surface area contributed by atoms with E-state index in [1.54, 1.807) is 11.3 Å². The number of rotatable bonds is 7. The van der Waals surface area contributed by atoms with E-state index >= 15 is 0 Å². The Morgan fingerprint density at radius 1 is 1.10 bits per heavy atom. The molecule has 2 N–H and O–H groups in total. The lowest BCUT2D eigenvalue weighted by molar-refractivity contribution is 0.0524. The van der Waals surface area contributed by atoms with Gasteiger partial charge in [0.2, 0.25) is 0 Å². The third-order valence-corrected chi connectivity index (χ3v) is 6.20. The smallest absolute Gasteiger partial charge is 0.407 e. The molecule has 31 heavy (non-hydrogen) atoms. The van der Waals surface area contributed by atoms with Crippen LogP contribution < -0.4 is 16.1 Å². The minimum absolute atomic E-state index is 0.0745. The van der Waals surface area contributed by atoms with Gasteiger partial charge in [0.05, 0.1) is 5.39 Å². The Morgan fingerprint density at radius 2 is 1.81 bits per heavy atom. The molecule has 0 saturated carbocycles. The van der Waals surface area contributed by atoms with E-state index in [9.17, 15) is 9.59 Å². The van der Waals surface area contributed by atoms with E-state index < -0.39 is 11.7 Å². The molecule has 3 rings (SSSR count). The van der Waals surface area contributed by atoms with Crippen LogP contribution >= 0.6 is 11.3 Å². The van der Waals surface area contributed by atoms with Crippen molar-refractivity contribution in [2.24, 2.45) is 0 Å². The van der Waals surface area contributed by atoms with Gasteiger partial charge in [0, 0.05) is 46.7 Å². The molecule has 0 aliphatic carbocycles. The van der Waals surface area contributed by atoms with Crippen molar-refractivity contribution in [3.8, 4) is 0 Å². The van der Waals surface area contributed by atoms with Crippen LogP contribution in [0.5, 0.6) is 0 Å². The predicted molar refractivity (Wildman–Crippen MR) is 131 cm³/mol. The first kappa shape index (κ1) is 23.0. The fraction of sp³-hybridized carbons (Fsp3) is 0.417. The third kappa shape index (κ3) is 5.95. The highest BCUT2D eigenvalue weighted by Gasteiger charge is 2.16. The zero-order chi connectivity index (χ0) is 22.6. The lowest BCUT2D eigenvalue weighted by atomic mass is 10.1. The van der Waals surface area contributed by atoms with Crippen LogP contribution in [0.15, 0.2) is 41.2 Å². The summed E-state index contributed by atoms with van der Waals surface area (Å²) in [4.78, 5) is 27.0. The molecule has 1 amide bonds. The van der Waals surface area contributed by atoms with Gasteiger partial charge >= 0.3 is 6.09 Å². The van der Waals surface area contributed by atoms with Gasteiger partial charge in [-0.3, -0.25) is 4.79 Å². The SMILES string of the molecule is Cc1ccc(NCCN(C)CCNC(=O)OC(C)(C)C)c2c(=O)c3ccccc3sc12. The van der Waals surface area contributed by atoms with Crippen LogP contribution in [0.25, 0.3) is 20.2 Å². The number of benzene rings is 2. The van der Waals surface area contributed by atoms with Crippen molar-refractivity contribution in [2.75, 3.05) is 38.5 Å². The highest BCUT2D eigenvalue weighted by atomic mass is 32.1. The molecule has 0 unspecified atom stereocenters. The lowest BCUT2D eigenvalue weighted by Gasteiger charge is -2.21. The number of ether oxygens (including phenoxy) is 1. The summed E-state index contributed by atoms with van der Waals surface area (Å²) in [6, 6.07) is 11.8. The molecule has 1 heterocycles. The van der Waals surface area contributed by atoms with E-state index in [-0.39, 0.29) is 5.43 Å². The number of aryl methyl sites for hydroxylation is 1. The summed E-state index contributed by atoms with van der Waals surface area (Å²) >= 11 is 1.66. The van der Waals surface area contributed by atoms with Gasteiger partial charge in [-0.05, 0) is 58.5 Å². The molecule has 0 radical (unpaired) electrons. The Bertz CT molecular complexity index is 1130. The fourth-order valence-corrected chi connectivity index (χ4v) is 4.51. The Hall–Kier alpha value is -2.64. The third-order valence-electron chi connectivity index (χ3n) is 4.90. The largest absolute Gasteiger partial charge is 0.444 e. The summed E-state index contributed by atoms with van der Waals surface area (Å²) in [5, 5.41) is 7.73. The van der Waals surface area contributed by atoms with Gasteiger partial charge in [-0.15, -0.1) is 11.3 Å². The summed E-state index contributed by atoms with van der Waals surface area (Å²) in [5.41, 5.74) is 1.56. The number of carbonyl (C=O) groups excluding carboxylic acids is 1. The van der Waals surface area contributed by atoms with Crippen molar-refractivity contribution < 1.29 is 9.53 Å². The number of fused-ring (bicyclic) bond motifs is 2. The van der Waals surface area contributed by atoms with E-state index in [0.717, 1.165) is 38.0 Å². The van der Waals surface area contributed by atoms with Crippen molar-refractivity contribution in [3.05, 3.63) is 52.2 Å². The lowest BCUT2D eigenvalue weighted by Crippen LogP contribution is -2.38. The predicted octanol–water partition coefficient (Wildman–Crippen LogP) is 4.59. The molecule has 166 valence electrons. The number of hydrogen-bond acceptors (Lipinski definition) is 6. The maximum Gasteiger partial charge on any atom is 0.407 e. The van der Waals surface area contributed by atoms with Crippen molar-refractivity contribution in [3.63, 3.8) is 0 Å². The van der Waals surface area contributed by atoms with Gasteiger partial charge in [-0.1, -0.05) is 18.2 Å². The van der Waals surface area contributed by atoms with Gasteiger partial charge in [-0.2, -0.15) is 0 Å². The number of alkyl carbamates (subject to hydrolysis) is 1. The van der Waals surface area contributed by atoms with E-state index in [1.165, 1.54) is 0 Å². The monoisotopic (exact) mass is 441 g/mol. The van der Waals surface area contributed by atoms with E-state index in [0.29, 0.717) is 19.6 Å². The standard InChI is InChI=1S/C24H31N3O3S/c1-16-10-11-18(20-21(28)17-8-6-7-9-19(17)31-22(16)20)25-12-14-27(5)15-13-26-23(29)30-24(2,3)4/h6-11,25H,12-15H2,1-5H3,(H,26,29). The van der Waals surface area contributed by atoms with Crippen LogP contribution in [0.3, 0.4) is 0 Å². The Kier molecular flexibility index (Phi) is 7.18. The number of hydrogen-bond donors (Lipinski definition) is 2. The van der Waals surface area contributed by atoms with Gasteiger partial charge < -0.3 is 20.3 Å². The van der Waals surface area contributed by atoms with Crippen LogP contribution in [0.1, 0.15) is 26.3 Å². The number of likely N-dealkylation sites (N-methyl/N-ethyl adjacent to an activating group) is 1. The van der Waals surface area contributed by atoms with Gasteiger partial charge in [0.1, 0.15) is 5.60 Å². The molecule has 1 aromatic heterocycles.